The van der Waals surface area contributed by atoms with Gasteiger partial charge in [-0.05, 0) is 40.8 Å². The summed E-state index contributed by atoms with van der Waals surface area (Å²) in [6.07, 6.45) is 3.67. The lowest BCUT2D eigenvalue weighted by molar-refractivity contribution is 1.09. The third kappa shape index (κ3) is 2.62. The first-order valence-corrected chi connectivity index (χ1v) is 5.60. The van der Waals surface area contributed by atoms with Crippen molar-refractivity contribution in [3.63, 3.8) is 0 Å². The first-order valence-electron chi connectivity index (χ1n) is 4.52. The maximum Gasteiger partial charge on any atom is 0.0537 e. The number of nitrogens with two attached hydrogens (primary N) is 1. The number of nitrogens with zero attached hydrogens (tertiary/aromatic N) is 1. The summed E-state index contributed by atoms with van der Waals surface area (Å²) in [4.78, 5) is 0. The van der Waals surface area contributed by atoms with Crippen molar-refractivity contribution in [2.75, 3.05) is 11.1 Å². The normalized spacial score (nSPS) is 10.2. The van der Waals surface area contributed by atoms with Crippen LogP contribution in [0.2, 0.25) is 0 Å². The summed E-state index contributed by atoms with van der Waals surface area (Å²) in [7, 11) is 0. The van der Waals surface area contributed by atoms with Crippen LogP contribution in [-0.2, 0) is 6.54 Å². The molecule has 4 N–H and O–H groups in total. The maximum absolute atomic E-state index is 5.67. The minimum Gasteiger partial charge on any atom is -0.399 e. The van der Waals surface area contributed by atoms with Crippen LogP contribution in [0.5, 0.6) is 0 Å². The molecule has 5 heteroatoms. The van der Waals surface area contributed by atoms with E-state index in [1.165, 1.54) is 0 Å². The van der Waals surface area contributed by atoms with Crippen LogP contribution >= 0.6 is 22.6 Å². The van der Waals surface area contributed by atoms with Crippen LogP contribution < -0.4 is 11.1 Å². The third-order valence-corrected chi connectivity index (χ3v) is 2.92. The number of hydrogen-bond acceptors (Lipinski definition) is 3. The van der Waals surface area contributed by atoms with Crippen LogP contribution in [0, 0.1) is 3.57 Å². The molecule has 2 aromatic rings. The van der Waals surface area contributed by atoms with Crippen molar-refractivity contribution in [2.45, 2.75) is 6.54 Å². The van der Waals surface area contributed by atoms with Gasteiger partial charge in [0.1, 0.15) is 0 Å². The van der Waals surface area contributed by atoms with E-state index in [-0.39, 0.29) is 0 Å². The van der Waals surface area contributed by atoms with Crippen molar-refractivity contribution in [3.05, 3.63) is 39.7 Å². The predicted octanol–water partition coefficient (Wildman–Crippen LogP) is 2.21. The van der Waals surface area contributed by atoms with E-state index in [4.69, 9.17) is 5.73 Å². The molecule has 0 unspecified atom stereocenters. The van der Waals surface area contributed by atoms with E-state index in [9.17, 15) is 0 Å². The number of aromatic amines is 1. The number of nitrogen functional groups attached to an aromatic ring is 1. The SMILES string of the molecule is Nc1ccc(NCc2cn[nH]c2)c(I)c1. The molecule has 0 aliphatic heterocycles. The molecule has 2 rings (SSSR count). The number of halogens is 1. The highest BCUT2D eigenvalue weighted by molar-refractivity contribution is 14.1. The Morgan fingerprint density at radius 2 is 2.33 bits per heavy atom. The molecule has 0 aliphatic carbocycles. The first kappa shape index (κ1) is 10.3. The van der Waals surface area contributed by atoms with Crippen LogP contribution in [0.25, 0.3) is 0 Å². The third-order valence-electron chi connectivity index (χ3n) is 2.03. The molecular formula is C10H11IN4. The molecule has 15 heavy (non-hydrogen) atoms. The summed E-state index contributed by atoms with van der Waals surface area (Å²) < 4.78 is 1.12. The lowest BCUT2D eigenvalue weighted by atomic mass is 10.2. The molecule has 1 aromatic heterocycles. The van der Waals surface area contributed by atoms with Crippen molar-refractivity contribution < 1.29 is 0 Å². The fourth-order valence-electron chi connectivity index (χ4n) is 1.25. The number of benzene rings is 1. The van der Waals surface area contributed by atoms with Crippen LogP contribution in [0.3, 0.4) is 0 Å². The zero-order valence-corrected chi connectivity index (χ0v) is 10.2. The number of hydrogen-bond donors (Lipinski definition) is 3. The van der Waals surface area contributed by atoms with Gasteiger partial charge in [-0.25, -0.2) is 0 Å². The van der Waals surface area contributed by atoms with E-state index >= 15 is 0 Å². The molecule has 0 amide bonds. The fourth-order valence-corrected chi connectivity index (χ4v) is 1.98. The predicted molar refractivity (Wildman–Crippen MR) is 69.5 cm³/mol. The second kappa shape index (κ2) is 4.52. The molecule has 0 aliphatic rings. The molecule has 0 saturated heterocycles. The Labute approximate surface area is 101 Å². The van der Waals surface area contributed by atoms with Crippen molar-refractivity contribution >= 4 is 34.0 Å². The van der Waals surface area contributed by atoms with E-state index in [2.05, 4.69) is 38.1 Å². The lowest BCUT2D eigenvalue weighted by Crippen LogP contribution is -2.00. The van der Waals surface area contributed by atoms with Gasteiger partial charge in [-0.2, -0.15) is 5.10 Å². The van der Waals surface area contributed by atoms with E-state index in [0.29, 0.717) is 0 Å². The number of H-pyrrole nitrogens is 1. The van der Waals surface area contributed by atoms with Gasteiger partial charge in [-0.3, -0.25) is 5.10 Å². The minimum atomic E-state index is 0.760. The average molecular weight is 314 g/mol. The Hall–Kier alpha value is -1.24. The monoisotopic (exact) mass is 314 g/mol. The molecule has 0 atom stereocenters. The molecule has 1 heterocycles. The van der Waals surface area contributed by atoms with Crippen LogP contribution in [0.1, 0.15) is 5.56 Å². The maximum atomic E-state index is 5.67. The molecule has 78 valence electrons. The summed E-state index contributed by atoms with van der Waals surface area (Å²) in [5.41, 5.74) is 8.67. The van der Waals surface area contributed by atoms with Crippen molar-refractivity contribution in [1.29, 1.82) is 0 Å². The highest BCUT2D eigenvalue weighted by atomic mass is 127. The van der Waals surface area contributed by atoms with Gasteiger partial charge >= 0.3 is 0 Å². The second-order valence-corrected chi connectivity index (χ2v) is 4.36. The summed E-state index contributed by atoms with van der Waals surface area (Å²) in [6.45, 7) is 0.760. The van der Waals surface area contributed by atoms with Gasteiger partial charge in [0, 0.05) is 33.3 Å². The summed E-state index contributed by atoms with van der Waals surface area (Å²) in [6, 6.07) is 5.81. The largest absolute Gasteiger partial charge is 0.399 e. The summed E-state index contributed by atoms with van der Waals surface area (Å²) in [5, 5.41) is 9.98. The smallest absolute Gasteiger partial charge is 0.0537 e. The lowest BCUT2D eigenvalue weighted by Gasteiger charge is -2.07. The van der Waals surface area contributed by atoms with Crippen LogP contribution in [0.15, 0.2) is 30.6 Å². The number of anilines is 2. The van der Waals surface area contributed by atoms with Crippen LogP contribution in [-0.4, -0.2) is 10.2 Å². The van der Waals surface area contributed by atoms with Crippen LogP contribution in [0.4, 0.5) is 11.4 Å². The minimum absolute atomic E-state index is 0.760. The Kier molecular flexibility index (Phi) is 3.10. The molecule has 0 fully saturated rings. The van der Waals surface area contributed by atoms with Crippen molar-refractivity contribution in [1.82, 2.24) is 10.2 Å². The van der Waals surface area contributed by atoms with Gasteiger partial charge in [0.15, 0.2) is 0 Å². The number of rotatable bonds is 3. The van der Waals surface area contributed by atoms with Gasteiger partial charge in [-0.15, -0.1) is 0 Å². The average Bonchev–Trinajstić information content (AvgIpc) is 2.69. The molecule has 0 bridgehead atoms. The highest BCUT2D eigenvalue weighted by Crippen LogP contribution is 2.21. The van der Waals surface area contributed by atoms with Gasteiger partial charge in [0.2, 0.25) is 0 Å². The Balaban J connectivity index is 2.05. The van der Waals surface area contributed by atoms with E-state index in [0.717, 1.165) is 27.1 Å². The number of nitrogens with one attached hydrogen (secondary N) is 2. The van der Waals surface area contributed by atoms with E-state index < -0.39 is 0 Å². The molecular weight excluding hydrogens is 303 g/mol. The summed E-state index contributed by atoms with van der Waals surface area (Å²) in [5.74, 6) is 0. The molecule has 0 radical (unpaired) electrons. The number of aromatic nitrogens is 2. The van der Waals surface area contributed by atoms with E-state index in [1.807, 2.05) is 24.4 Å². The van der Waals surface area contributed by atoms with Crippen molar-refractivity contribution in [3.8, 4) is 0 Å². The molecule has 0 spiro atoms. The Morgan fingerprint density at radius 1 is 1.47 bits per heavy atom. The van der Waals surface area contributed by atoms with Gasteiger partial charge < -0.3 is 11.1 Å². The topological polar surface area (TPSA) is 66.7 Å². The Bertz CT molecular complexity index is 439. The fraction of sp³-hybridized carbons (Fsp3) is 0.100. The van der Waals surface area contributed by atoms with Crippen molar-refractivity contribution in [2.24, 2.45) is 0 Å². The first-order chi connectivity index (χ1) is 7.25. The van der Waals surface area contributed by atoms with Gasteiger partial charge in [-0.1, -0.05) is 0 Å². The molecule has 4 nitrogen and oxygen atoms in total. The quantitative estimate of drug-likeness (QED) is 0.601. The standard InChI is InChI=1S/C10H11IN4/c11-9-3-8(12)1-2-10(9)13-4-7-5-14-15-6-7/h1-3,5-6,13H,4,12H2,(H,14,15). The zero-order chi connectivity index (χ0) is 10.7. The van der Waals surface area contributed by atoms with Gasteiger partial charge in [0.05, 0.1) is 6.20 Å². The summed E-state index contributed by atoms with van der Waals surface area (Å²) >= 11 is 2.26. The molecule has 0 saturated carbocycles. The second-order valence-electron chi connectivity index (χ2n) is 3.20. The molecule has 1 aromatic carbocycles. The van der Waals surface area contributed by atoms with E-state index in [1.54, 1.807) is 6.20 Å². The zero-order valence-electron chi connectivity index (χ0n) is 8.00. The highest BCUT2D eigenvalue weighted by Gasteiger charge is 2.00. The van der Waals surface area contributed by atoms with Gasteiger partial charge in [0.25, 0.3) is 0 Å². The Morgan fingerprint density at radius 3 is 3.00 bits per heavy atom.